The molecule has 0 unspecified atom stereocenters. The summed E-state index contributed by atoms with van der Waals surface area (Å²) in [4.78, 5) is 22.7. The first-order valence-electron chi connectivity index (χ1n) is 11.0. The Morgan fingerprint density at radius 1 is 1.11 bits per heavy atom. The highest BCUT2D eigenvalue weighted by molar-refractivity contribution is 5.65. The lowest BCUT2D eigenvalue weighted by Gasteiger charge is -2.52. The number of likely N-dealkylation sites (tertiary alicyclic amines) is 2. The van der Waals surface area contributed by atoms with Crippen molar-refractivity contribution in [3.05, 3.63) is 24.4 Å². The van der Waals surface area contributed by atoms with Gasteiger partial charge in [-0.2, -0.15) is 0 Å². The van der Waals surface area contributed by atoms with Crippen LogP contribution in [-0.2, 0) is 0 Å². The third-order valence-electron chi connectivity index (χ3n) is 7.92. The van der Waals surface area contributed by atoms with E-state index in [4.69, 9.17) is 0 Å². The number of pyridine rings is 1. The molecule has 3 saturated heterocycles. The molecule has 1 saturated carbocycles. The van der Waals surface area contributed by atoms with E-state index in [1.54, 1.807) is 4.90 Å². The topological polar surface area (TPSA) is 59.9 Å². The zero-order chi connectivity index (χ0) is 19.1. The number of carbonyl (C=O) groups is 1. The summed E-state index contributed by atoms with van der Waals surface area (Å²) in [6.45, 7) is 5.06. The summed E-state index contributed by atoms with van der Waals surface area (Å²) in [5.74, 6) is 1.93. The highest BCUT2D eigenvalue weighted by atomic mass is 16.4. The zero-order valence-corrected chi connectivity index (χ0v) is 16.7. The monoisotopic (exact) mass is 384 g/mol. The average Bonchev–Trinajstić information content (AvgIpc) is 3.35. The molecule has 6 nitrogen and oxygen atoms in total. The summed E-state index contributed by atoms with van der Waals surface area (Å²) >= 11 is 0. The minimum atomic E-state index is -0.741. The third kappa shape index (κ3) is 3.25. The van der Waals surface area contributed by atoms with Crippen molar-refractivity contribution in [1.82, 2.24) is 14.8 Å². The Morgan fingerprint density at radius 3 is 2.61 bits per heavy atom. The van der Waals surface area contributed by atoms with Crippen LogP contribution in [0, 0.1) is 11.3 Å². The Labute approximate surface area is 167 Å². The first-order valence-corrected chi connectivity index (χ1v) is 11.0. The summed E-state index contributed by atoms with van der Waals surface area (Å²) in [5, 5.41) is 9.22. The van der Waals surface area contributed by atoms with Crippen molar-refractivity contribution >= 4 is 11.9 Å². The highest BCUT2D eigenvalue weighted by Gasteiger charge is 2.51. The fraction of sp³-hybridized carbons (Fsp3) is 0.727. The molecule has 1 aromatic rings. The first kappa shape index (κ1) is 18.2. The van der Waals surface area contributed by atoms with Crippen LogP contribution in [0.15, 0.2) is 24.4 Å². The van der Waals surface area contributed by atoms with Gasteiger partial charge in [0.1, 0.15) is 5.82 Å². The van der Waals surface area contributed by atoms with E-state index in [1.165, 1.54) is 51.6 Å². The standard InChI is InChI=1S/C22H32N4O2/c27-21(28)25-13-8-22(16-25)14-18(15-22)24-11-6-17(7-12-24)19-4-3-10-26(19)20-5-1-2-9-23-20/h1-2,5,9,17-19H,3-4,6-8,10-16H2,(H,27,28)/t18?,19-,22?/m0/s1. The van der Waals surface area contributed by atoms with Crippen LogP contribution >= 0.6 is 0 Å². The Morgan fingerprint density at radius 2 is 1.93 bits per heavy atom. The number of hydrogen-bond donors (Lipinski definition) is 1. The molecule has 1 atom stereocenters. The molecule has 0 bridgehead atoms. The van der Waals surface area contributed by atoms with Crippen LogP contribution in [0.3, 0.4) is 0 Å². The van der Waals surface area contributed by atoms with Crippen molar-refractivity contribution < 1.29 is 9.90 Å². The van der Waals surface area contributed by atoms with E-state index in [9.17, 15) is 9.90 Å². The van der Waals surface area contributed by atoms with Crippen molar-refractivity contribution in [3.63, 3.8) is 0 Å². The molecule has 0 radical (unpaired) electrons. The Hall–Kier alpha value is -1.82. The fourth-order valence-electron chi connectivity index (χ4n) is 6.39. The molecular formula is C22H32N4O2. The van der Waals surface area contributed by atoms with E-state index < -0.39 is 6.09 Å². The van der Waals surface area contributed by atoms with Gasteiger partial charge in [0.25, 0.3) is 0 Å². The van der Waals surface area contributed by atoms with Gasteiger partial charge in [0.05, 0.1) is 0 Å². The molecule has 1 aromatic heterocycles. The number of hydrogen-bond acceptors (Lipinski definition) is 4. The molecule has 1 amide bonds. The van der Waals surface area contributed by atoms with E-state index in [2.05, 4.69) is 26.9 Å². The van der Waals surface area contributed by atoms with Crippen molar-refractivity contribution in [2.75, 3.05) is 37.6 Å². The van der Waals surface area contributed by atoms with Gasteiger partial charge in [0, 0.05) is 37.9 Å². The lowest BCUT2D eigenvalue weighted by molar-refractivity contribution is -0.0102. The van der Waals surface area contributed by atoms with Crippen LogP contribution in [-0.4, -0.2) is 70.8 Å². The molecule has 4 fully saturated rings. The molecule has 28 heavy (non-hydrogen) atoms. The van der Waals surface area contributed by atoms with E-state index >= 15 is 0 Å². The lowest BCUT2D eigenvalue weighted by atomic mass is 9.64. The molecular weight excluding hydrogens is 352 g/mol. The maximum Gasteiger partial charge on any atom is 0.407 e. The summed E-state index contributed by atoms with van der Waals surface area (Å²) in [7, 11) is 0. The van der Waals surface area contributed by atoms with Crippen LogP contribution in [0.25, 0.3) is 0 Å². The molecule has 4 aliphatic rings. The maximum atomic E-state index is 11.2. The second kappa shape index (κ2) is 7.21. The van der Waals surface area contributed by atoms with Gasteiger partial charge in [0.15, 0.2) is 0 Å². The Kier molecular flexibility index (Phi) is 4.69. The smallest absolute Gasteiger partial charge is 0.407 e. The molecule has 3 aliphatic heterocycles. The van der Waals surface area contributed by atoms with Gasteiger partial charge >= 0.3 is 6.09 Å². The lowest BCUT2D eigenvalue weighted by Crippen LogP contribution is -2.55. The molecule has 4 heterocycles. The molecule has 1 aliphatic carbocycles. The van der Waals surface area contributed by atoms with Gasteiger partial charge in [-0.3, -0.25) is 0 Å². The zero-order valence-electron chi connectivity index (χ0n) is 16.7. The number of rotatable bonds is 3. The second-order valence-corrected chi connectivity index (χ2v) is 9.48. The van der Waals surface area contributed by atoms with Crippen LogP contribution in [0.1, 0.15) is 44.9 Å². The van der Waals surface area contributed by atoms with E-state index in [1.807, 2.05) is 12.3 Å². The van der Waals surface area contributed by atoms with Crippen molar-refractivity contribution in [2.24, 2.45) is 11.3 Å². The van der Waals surface area contributed by atoms with Crippen LogP contribution in [0.2, 0.25) is 0 Å². The molecule has 1 N–H and O–H groups in total. The van der Waals surface area contributed by atoms with Crippen molar-refractivity contribution in [1.29, 1.82) is 0 Å². The first-order chi connectivity index (χ1) is 13.6. The van der Waals surface area contributed by atoms with E-state index in [0.29, 0.717) is 17.5 Å². The predicted molar refractivity (Wildman–Crippen MR) is 109 cm³/mol. The summed E-state index contributed by atoms with van der Waals surface area (Å²) in [6, 6.07) is 7.59. The number of piperidine rings is 1. The molecule has 0 aromatic carbocycles. The minimum absolute atomic E-state index is 0.293. The summed E-state index contributed by atoms with van der Waals surface area (Å²) in [5.41, 5.74) is 0.293. The number of nitrogens with zero attached hydrogens (tertiary/aromatic N) is 4. The summed E-state index contributed by atoms with van der Waals surface area (Å²) in [6.07, 6.45) is 9.80. The highest BCUT2D eigenvalue weighted by Crippen LogP contribution is 2.50. The second-order valence-electron chi connectivity index (χ2n) is 9.48. The predicted octanol–water partition coefficient (Wildman–Crippen LogP) is 3.29. The number of carboxylic acid groups (broad SMARTS) is 1. The Balaban J connectivity index is 1.13. The largest absolute Gasteiger partial charge is 0.465 e. The van der Waals surface area contributed by atoms with Crippen molar-refractivity contribution in [3.8, 4) is 0 Å². The summed E-state index contributed by atoms with van der Waals surface area (Å²) < 4.78 is 0. The van der Waals surface area contributed by atoms with Gasteiger partial charge in [-0.05, 0) is 81.5 Å². The van der Waals surface area contributed by atoms with Gasteiger partial charge < -0.3 is 19.8 Å². The third-order valence-corrected chi connectivity index (χ3v) is 7.92. The quantitative estimate of drug-likeness (QED) is 0.866. The Bertz CT molecular complexity index is 698. The van der Waals surface area contributed by atoms with E-state index in [-0.39, 0.29) is 0 Å². The number of anilines is 1. The minimum Gasteiger partial charge on any atom is -0.465 e. The van der Waals surface area contributed by atoms with Crippen molar-refractivity contribution in [2.45, 2.75) is 57.0 Å². The molecule has 5 rings (SSSR count). The van der Waals surface area contributed by atoms with Crippen LogP contribution in [0.4, 0.5) is 10.6 Å². The number of aromatic nitrogens is 1. The molecule has 152 valence electrons. The van der Waals surface area contributed by atoms with Gasteiger partial charge in [-0.15, -0.1) is 0 Å². The van der Waals surface area contributed by atoms with Gasteiger partial charge in [-0.25, -0.2) is 9.78 Å². The van der Waals surface area contributed by atoms with Gasteiger partial charge in [0.2, 0.25) is 0 Å². The SMILES string of the molecule is O=C(O)N1CCC2(CC(N3CCC([C@@H]4CCCN4c4ccccn4)CC3)C2)C1. The van der Waals surface area contributed by atoms with Crippen LogP contribution < -0.4 is 4.90 Å². The average molecular weight is 385 g/mol. The molecule has 6 heteroatoms. The maximum absolute atomic E-state index is 11.2. The number of amides is 1. The van der Waals surface area contributed by atoms with E-state index in [0.717, 1.165) is 37.8 Å². The molecule has 1 spiro atoms. The normalized spacial score (nSPS) is 34.1. The van der Waals surface area contributed by atoms with Gasteiger partial charge in [-0.1, -0.05) is 6.07 Å². The van der Waals surface area contributed by atoms with Crippen LogP contribution in [0.5, 0.6) is 0 Å². The fourth-order valence-corrected chi connectivity index (χ4v) is 6.39.